The lowest BCUT2D eigenvalue weighted by atomic mass is 10.0. The quantitative estimate of drug-likeness (QED) is 0.134. The molecule has 7 rings (SSSR count). The van der Waals surface area contributed by atoms with Gasteiger partial charge in [-0.2, -0.15) is 0 Å². The summed E-state index contributed by atoms with van der Waals surface area (Å²) in [7, 11) is 0. The van der Waals surface area contributed by atoms with Crippen LogP contribution >= 0.6 is 38.6 Å². The van der Waals surface area contributed by atoms with E-state index in [2.05, 4.69) is 129 Å². The summed E-state index contributed by atoms with van der Waals surface area (Å²) in [5.41, 5.74) is 7.74. The van der Waals surface area contributed by atoms with Gasteiger partial charge >= 0.3 is 0 Å². The van der Waals surface area contributed by atoms with E-state index in [0.717, 1.165) is 94.7 Å². The maximum Gasteiger partial charge on any atom is 0.160 e. The summed E-state index contributed by atoms with van der Waals surface area (Å²) in [5, 5.41) is 0. The second-order valence-electron chi connectivity index (χ2n) is 10.8. The summed E-state index contributed by atoms with van der Waals surface area (Å²) in [4.78, 5) is 22.9. The van der Waals surface area contributed by atoms with Gasteiger partial charge in [-0.05, 0) is 94.6 Å². The number of hydrogen-bond acceptors (Lipinski definition) is 5. The van der Waals surface area contributed by atoms with Crippen molar-refractivity contribution in [3.05, 3.63) is 131 Å². The highest BCUT2D eigenvalue weighted by atomic mass is 79.9. The lowest BCUT2D eigenvalue weighted by Crippen LogP contribution is -2.09. The van der Waals surface area contributed by atoms with Gasteiger partial charge in [-0.15, -0.1) is 22.7 Å². The van der Waals surface area contributed by atoms with Crippen LogP contribution in [-0.4, -0.2) is 15.8 Å². The summed E-state index contributed by atoms with van der Waals surface area (Å²) < 4.78 is 3.38. The minimum absolute atomic E-state index is 0.741. The molecule has 222 valence electrons. The Labute approximate surface area is 279 Å². The third-order valence-corrected chi connectivity index (χ3v) is 10.8. The van der Waals surface area contributed by atoms with Crippen LogP contribution < -0.4 is 4.90 Å². The summed E-state index contributed by atoms with van der Waals surface area (Å²) in [5.74, 6) is 0.978. The zero-order valence-electron chi connectivity index (χ0n) is 24.7. The average molecular weight is 689 g/mol. The lowest BCUT2D eigenvalue weighted by Gasteiger charge is -2.25. The summed E-state index contributed by atoms with van der Waals surface area (Å²) in [6.07, 6.45) is 3.06. The Hall–Kier alpha value is -4.30. The van der Waals surface area contributed by atoms with Gasteiger partial charge in [-0.3, -0.25) is 4.79 Å². The van der Waals surface area contributed by atoms with Crippen molar-refractivity contribution in [3.63, 3.8) is 0 Å². The van der Waals surface area contributed by atoms with Crippen molar-refractivity contribution in [2.45, 2.75) is 26.3 Å². The van der Waals surface area contributed by atoms with Crippen molar-refractivity contribution in [1.29, 1.82) is 0 Å². The Morgan fingerprint density at radius 3 is 2.00 bits per heavy atom. The topological polar surface area (TPSA) is 38.1 Å². The molecule has 0 radical (unpaired) electrons. The van der Waals surface area contributed by atoms with Crippen molar-refractivity contribution in [3.8, 4) is 31.6 Å². The van der Waals surface area contributed by atoms with E-state index in [0.29, 0.717) is 0 Å². The minimum atomic E-state index is 0.741. The SMILES string of the molecule is CCCCn1c(-c2ccc(-c3ccc(C=O)s3)s2)nc2c(Br)ccc(-c3ccc(N(c4ccccc4)c4ccccc4)cc3)c21. The van der Waals surface area contributed by atoms with Crippen molar-refractivity contribution >= 4 is 73.0 Å². The normalized spacial score (nSPS) is 11.2. The van der Waals surface area contributed by atoms with Crippen LogP contribution in [0.25, 0.3) is 42.6 Å². The van der Waals surface area contributed by atoms with E-state index in [1.54, 1.807) is 11.3 Å². The van der Waals surface area contributed by atoms with E-state index in [1.165, 1.54) is 11.3 Å². The second kappa shape index (κ2) is 13.0. The Morgan fingerprint density at radius 1 is 0.733 bits per heavy atom. The van der Waals surface area contributed by atoms with Crippen LogP contribution in [0.3, 0.4) is 0 Å². The highest BCUT2D eigenvalue weighted by Crippen LogP contribution is 2.42. The minimum Gasteiger partial charge on any atom is -0.323 e. The highest BCUT2D eigenvalue weighted by molar-refractivity contribution is 9.10. The molecule has 0 bridgehead atoms. The number of thiophene rings is 2. The van der Waals surface area contributed by atoms with E-state index < -0.39 is 0 Å². The molecular formula is C38H30BrN3OS2. The number of aryl methyl sites for hydroxylation is 1. The molecule has 0 spiro atoms. The summed E-state index contributed by atoms with van der Waals surface area (Å²) >= 11 is 7.07. The molecule has 0 aliphatic heterocycles. The number of aldehydes is 1. The molecular weight excluding hydrogens is 658 g/mol. The van der Waals surface area contributed by atoms with Gasteiger partial charge in [0.25, 0.3) is 0 Å². The first kappa shape index (κ1) is 29.4. The molecule has 4 nitrogen and oxygen atoms in total. The van der Waals surface area contributed by atoms with E-state index in [-0.39, 0.29) is 0 Å². The number of imidazole rings is 1. The fourth-order valence-electron chi connectivity index (χ4n) is 5.69. The molecule has 0 amide bonds. The number of carbonyl (C=O) groups is 1. The third-order valence-electron chi connectivity index (χ3n) is 7.86. The Balaban J connectivity index is 1.32. The monoisotopic (exact) mass is 687 g/mol. The van der Waals surface area contributed by atoms with E-state index >= 15 is 0 Å². The van der Waals surface area contributed by atoms with Gasteiger partial charge in [0, 0.05) is 43.4 Å². The molecule has 4 aromatic carbocycles. The van der Waals surface area contributed by atoms with Crippen LogP contribution in [0.2, 0.25) is 0 Å². The molecule has 0 fully saturated rings. The number of nitrogens with zero attached hydrogens (tertiary/aromatic N) is 3. The maximum absolute atomic E-state index is 11.3. The Kier molecular flexibility index (Phi) is 8.48. The first-order valence-electron chi connectivity index (χ1n) is 15.0. The first-order chi connectivity index (χ1) is 22.1. The molecule has 0 aliphatic carbocycles. The van der Waals surface area contributed by atoms with Gasteiger partial charge in [-0.1, -0.05) is 67.9 Å². The number of hydrogen-bond donors (Lipinski definition) is 0. The number of carbonyl (C=O) groups excluding carboxylic acids is 1. The highest BCUT2D eigenvalue weighted by Gasteiger charge is 2.21. The number of benzene rings is 4. The zero-order chi connectivity index (χ0) is 30.8. The fraction of sp³-hybridized carbons (Fsp3) is 0.105. The zero-order valence-corrected chi connectivity index (χ0v) is 27.9. The number of fused-ring (bicyclic) bond motifs is 1. The second-order valence-corrected chi connectivity index (χ2v) is 13.8. The molecule has 0 aliphatic rings. The van der Waals surface area contributed by atoms with E-state index in [4.69, 9.17) is 4.98 Å². The molecule has 3 heterocycles. The van der Waals surface area contributed by atoms with Crippen LogP contribution in [0.15, 0.2) is 126 Å². The first-order valence-corrected chi connectivity index (χ1v) is 17.4. The molecule has 0 saturated carbocycles. The van der Waals surface area contributed by atoms with Crippen LogP contribution in [0.1, 0.15) is 29.4 Å². The number of anilines is 3. The molecule has 45 heavy (non-hydrogen) atoms. The van der Waals surface area contributed by atoms with E-state index in [1.807, 2.05) is 24.3 Å². The largest absolute Gasteiger partial charge is 0.323 e. The van der Waals surface area contributed by atoms with Crippen molar-refractivity contribution < 1.29 is 4.79 Å². The Bertz CT molecular complexity index is 2040. The third kappa shape index (κ3) is 5.79. The van der Waals surface area contributed by atoms with Gasteiger partial charge in [-0.25, -0.2) is 4.98 Å². The van der Waals surface area contributed by atoms with Gasteiger partial charge < -0.3 is 9.47 Å². The molecule has 3 aromatic heterocycles. The van der Waals surface area contributed by atoms with Crippen molar-refractivity contribution in [1.82, 2.24) is 9.55 Å². The molecule has 0 atom stereocenters. The number of aromatic nitrogens is 2. The standard InChI is InChI=1S/C38H30BrN3OS2/c1-2-3-24-41-37-31(26-14-16-29(17-15-26)42(27-10-6-4-7-11-27)28-12-8-5-9-13-28)19-20-32(39)36(37)40-38(41)35-23-22-34(45-35)33-21-18-30(25-43)44-33/h4-23,25H,2-3,24H2,1H3. The molecule has 0 N–H and O–H groups in total. The maximum atomic E-state index is 11.3. The Morgan fingerprint density at radius 2 is 1.36 bits per heavy atom. The number of para-hydroxylation sites is 2. The van der Waals surface area contributed by atoms with Gasteiger partial charge in [0.05, 0.1) is 15.3 Å². The molecule has 7 heteroatoms. The lowest BCUT2D eigenvalue weighted by molar-refractivity contribution is 0.112. The number of rotatable bonds is 10. The van der Waals surface area contributed by atoms with Crippen LogP contribution in [0.5, 0.6) is 0 Å². The van der Waals surface area contributed by atoms with Gasteiger partial charge in [0.1, 0.15) is 5.52 Å². The predicted octanol–water partition coefficient (Wildman–Crippen LogP) is 12.0. The predicted molar refractivity (Wildman–Crippen MR) is 194 cm³/mol. The van der Waals surface area contributed by atoms with Crippen molar-refractivity contribution in [2.75, 3.05) is 4.90 Å². The van der Waals surface area contributed by atoms with Crippen LogP contribution in [0, 0.1) is 0 Å². The molecule has 7 aromatic rings. The molecule has 0 unspecified atom stereocenters. The number of unbranched alkanes of at least 4 members (excludes halogenated alkanes) is 1. The van der Waals surface area contributed by atoms with Gasteiger partial charge in [0.15, 0.2) is 12.1 Å². The van der Waals surface area contributed by atoms with Crippen LogP contribution in [0.4, 0.5) is 17.1 Å². The molecule has 0 saturated heterocycles. The van der Waals surface area contributed by atoms with Crippen molar-refractivity contribution in [2.24, 2.45) is 0 Å². The average Bonchev–Trinajstić information content (AvgIpc) is 3.85. The number of halogens is 1. The smallest absolute Gasteiger partial charge is 0.160 e. The van der Waals surface area contributed by atoms with E-state index in [9.17, 15) is 4.79 Å². The fourth-order valence-corrected chi connectivity index (χ4v) is 8.02. The van der Waals surface area contributed by atoms with Crippen LogP contribution in [-0.2, 0) is 6.54 Å². The summed E-state index contributed by atoms with van der Waals surface area (Å²) in [6, 6.07) is 42.3. The van der Waals surface area contributed by atoms with Gasteiger partial charge in [0.2, 0.25) is 0 Å². The summed E-state index contributed by atoms with van der Waals surface area (Å²) in [6.45, 7) is 3.10.